The van der Waals surface area contributed by atoms with Gasteiger partial charge in [-0.2, -0.15) is 0 Å². The molecule has 0 radical (unpaired) electrons. The molecule has 0 aromatic heterocycles. The van der Waals surface area contributed by atoms with Crippen molar-refractivity contribution in [3.05, 3.63) is 35.4 Å². The Morgan fingerprint density at radius 2 is 1.25 bits per heavy atom. The van der Waals surface area contributed by atoms with Crippen molar-refractivity contribution in [3.63, 3.8) is 0 Å². The van der Waals surface area contributed by atoms with Crippen molar-refractivity contribution in [3.8, 4) is 0 Å². The van der Waals surface area contributed by atoms with Crippen molar-refractivity contribution < 1.29 is 4.79 Å². The Morgan fingerprint density at radius 3 is 1.56 bits per heavy atom. The van der Waals surface area contributed by atoms with E-state index in [9.17, 15) is 0 Å². The zero-order valence-corrected chi connectivity index (χ0v) is 11.4. The minimum absolute atomic E-state index is 0.750. The zero-order chi connectivity index (χ0) is 12.8. The average molecular weight is 222 g/mol. The lowest BCUT2D eigenvalue weighted by molar-refractivity contribution is -0.106. The highest BCUT2D eigenvalue weighted by Crippen LogP contribution is 2.20. The number of hydrogen-bond acceptors (Lipinski definition) is 1. The molecule has 0 saturated heterocycles. The first-order valence-corrected chi connectivity index (χ1v) is 6.35. The predicted molar refractivity (Wildman–Crippen MR) is 72.9 cm³/mol. The number of aldehydes is 1. The predicted octanol–water partition coefficient (Wildman–Crippen LogP) is 4.43. The smallest absolute Gasteiger partial charge is 0.116 e. The molecule has 1 aliphatic rings. The van der Waals surface area contributed by atoms with Crippen molar-refractivity contribution in [2.75, 3.05) is 0 Å². The molecule has 1 nitrogen and oxygen atoms in total. The van der Waals surface area contributed by atoms with Crippen molar-refractivity contribution in [1.82, 2.24) is 0 Å². The van der Waals surface area contributed by atoms with Crippen molar-refractivity contribution in [1.29, 1.82) is 0 Å². The lowest BCUT2D eigenvalue weighted by Crippen LogP contribution is -1.77. The summed E-state index contributed by atoms with van der Waals surface area (Å²) in [6.45, 7) is 9.44. The third-order valence-corrected chi connectivity index (χ3v) is 2.01. The lowest BCUT2D eigenvalue weighted by atomic mass is 10.1. The van der Waals surface area contributed by atoms with E-state index in [-0.39, 0.29) is 0 Å². The van der Waals surface area contributed by atoms with Crippen LogP contribution in [-0.2, 0) is 17.6 Å². The van der Waals surface area contributed by atoms with Crippen molar-refractivity contribution in [2.24, 2.45) is 0 Å². The Morgan fingerprint density at radius 1 is 0.938 bits per heavy atom. The lowest BCUT2D eigenvalue weighted by Gasteiger charge is -1.93. The molecule has 1 heteroatoms. The number of hydrogen-bond donors (Lipinski definition) is 0. The van der Waals surface area contributed by atoms with E-state index in [1.54, 1.807) is 11.1 Å². The number of carbonyl (C=O) groups is 1. The molecule has 1 aliphatic carbocycles. The first kappa shape index (κ1) is 17.3. The van der Waals surface area contributed by atoms with E-state index in [1.807, 2.05) is 27.7 Å². The number of fused-ring (bicyclic) bond motifs is 1. The molecule has 0 atom stereocenters. The molecule has 2 rings (SSSR count). The molecule has 92 valence electrons. The van der Waals surface area contributed by atoms with Crippen molar-refractivity contribution >= 4 is 6.29 Å². The van der Waals surface area contributed by atoms with Crippen LogP contribution in [0, 0.1) is 0 Å². The Kier molecular flexibility index (Phi) is 15.0. The third kappa shape index (κ3) is 7.22. The minimum atomic E-state index is 0.750. The fraction of sp³-hybridized carbons (Fsp3) is 0.533. The van der Waals surface area contributed by atoms with E-state index < -0.39 is 0 Å². The van der Waals surface area contributed by atoms with Gasteiger partial charge in [0.15, 0.2) is 0 Å². The molecule has 0 bridgehead atoms. The second kappa shape index (κ2) is 13.9. The number of carbonyl (C=O) groups excluding carboxylic acids is 1. The van der Waals surface area contributed by atoms with Crippen LogP contribution in [0.25, 0.3) is 0 Å². The molecule has 0 aliphatic heterocycles. The molecule has 16 heavy (non-hydrogen) atoms. The monoisotopic (exact) mass is 222 g/mol. The van der Waals surface area contributed by atoms with E-state index in [4.69, 9.17) is 4.79 Å². The molecule has 0 amide bonds. The molecular weight excluding hydrogens is 196 g/mol. The van der Waals surface area contributed by atoms with Crippen LogP contribution in [0.4, 0.5) is 0 Å². The molecule has 0 N–H and O–H groups in total. The molecule has 1 aromatic rings. The Hall–Kier alpha value is -1.11. The minimum Gasteiger partial charge on any atom is -0.304 e. The van der Waals surface area contributed by atoms with Gasteiger partial charge in [0, 0.05) is 0 Å². The first-order valence-electron chi connectivity index (χ1n) is 6.35. The summed E-state index contributed by atoms with van der Waals surface area (Å²) in [5.74, 6) is 0. The van der Waals surface area contributed by atoms with Gasteiger partial charge >= 0.3 is 0 Å². The van der Waals surface area contributed by atoms with Crippen LogP contribution >= 0.6 is 0 Å². The summed E-state index contributed by atoms with van der Waals surface area (Å²) in [7, 11) is 0. The first-order chi connectivity index (χ1) is 7.88. The van der Waals surface area contributed by atoms with E-state index >= 15 is 0 Å². The zero-order valence-electron chi connectivity index (χ0n) is 11.4. The van der Waals surface area contributed by atoms with E-state index in [0.29, 0.717) is 0 Å². The average Bonchev–Trinajstić information content (AvgIpc) is 2.83. The van der Waals surface area contributed by atoms with Gasteiger partial charge < -0.3 is 4.79 Å². The Balaban J connectivity index is 0. The van der Waals surface area contributed by atoms with Gasteiger partial charge in [0.1, 0.15) is 6.29 Å². The molecule has 0 heterocycles. The van der Waals surface area contributed by atoms with Crippen LogP contribution in [0.1, 0.15) is 52.2 Å². The van der Waals surface area contributed by atoms with Crippen LogP contribution in [0.2, 0.25) is 0 Å². The van der Waals surface area contributed by atoms with Crippen LogP contribution in [0.15, 0.2) is 24.3 Å². The van der Waals surface area contributed by atoms with Gasteiger partial charge in [-0.3, -0.25) is 0 Å². The summed E-state index contributed by atoms with van der Waals surface area (Å²) < 4.78 is 0. The van der Waals surface area contributed by atoms with Gasteiger partial charge in [0.25, 0.3) is 0 Å². The van der Waals surface area contributed by atoms with E-state index in [0.717, 1.165) is 6.29 Å². The highest BCUT2D eigenvalue weighted by Gasteiger charge is 2.07. The van der Waals surface area contributed by atoms with E-state index in [1.165, 1.54) is 26.2 Å². The van der Waals surface area contributed by atoms with Gasteiger partial charge in [-0.1, -0.05) is 52.0 Å². The maximum Gasteiger partial charge on any atom is 0.116 e. The van der Waals surface area contributed by atoms with Gasteiger partial charge in [0.05, 0.1) is 0 Å². The maximum atomic E-state index is 8.81. The normalized spacial score (nSPS) is 10.3. The van der Waals surface area contributed by atoms with Gasteiger partial charge in [0.2, 0.25) is 0 Å². The molecule has 0 saturated carbocycles. The Bertz CT molecular complexity index is 230. The summed E-state index contributed by atoms with van der Waals surface area (Å²) in [6, 6.07) is 8.74. The second-order valence-electron chi connectivity index (χ2n) is 2.86. The summed E-state index contributed by atoms with van der Waals surface area (Å²) >= 11 is 0. The fourth-order valence-corrected chi connectivity index (χ4v) is 1.51. The number of aryl methyl sites for hydroxylation is 2. The standard InChI is InChI=1S/C9H10.C2H4O.2C2H6/c1-2-5-9-7-3-6-8(9)4-1;1-2-3;2*1-2/h1-2,4-5H,3,6-7H2;2H,1H3;2*1-2H3. The van der Waals surface area contributed by atoms with Crippen LogP contribution < -0.4 is 0 Å². The largest absolute Gasteiger partial charge is 0.304 e. The highest BCUT2D eigenvalue weighted by atomic mass is 16.1. The van der Waals surface area contributed by atoms with Gasteiger partial charge in [-0.05, 0) is 37.3 Å². The van der Waals surface area contributed by atoms with Crippen LogP contribution in [0.5, 0.6) is 0 Å². The second-order valence-corrected chi connectivity index (χ2v) is 2.86. The third-order valence-electron chi connectivity index (χ3n) is 2.01. The van der Waals surface area contributed by atoms with Crippen molar-refractivity contribution in [2.45, 2.75) is 53.9 Å². The molecule has 0 fully saturated rings. The topological polar surface area (TPSA) is 17.1 Å². The van der Waals surface area contributed by atoms with Gasteiger partial charge in [-0.25, -0.2) is 0 Å². The fourth-order valence-electron chi connectivity index (χ4n) is 1.51. The molecule has 0 spiro atoms. The van der Waals surface area contributed by atoms with Crippen LogP contribution in [-0.4, -0.2) is 6.29 Å². The molecule has 1 aromatic carbocycles. The SMILES string of the molecule is CC.CC.CC=O.c1ccc2c(c1)CCC2. The summed E-state index contributed by atoms with van der Waals surface area (Å²) in [5.41, 5.74) is 3.13. The van der Waals surface area contributed by atoms with Crippen LogP contribution in [0.3, 0.4) is 0 Å². The molecule has 0 unspecified atom stereocenters. The number of benzene rings is 1. The van der Waals surface area contributed by atoms with Gasteiger partial charge in [-0.15, -0.1) is 0 Å². The van der Waals surface area contributed by atoms with E-state index in [2.05, 4.69) is 24.3 Å². The Labute approximate surface area is 101 Å². The quantitative estimate of drug-likeness (QED) is 0.593. The summed E-state index contributed by atoms with van der Waals surface area (Å²) in [5, 5.41) is 0. The molecular formula is C15H26O. The summed E-state index contributed by atoms with van der Waals surface area (Å²) in [4.78, 5) is 8.81. The number of rotatable bonds is 0. The summed E-state index contributed by atoms with van der Waals surface area (Å²) in [6.07, 6.45) is 4.71. The highest BCUT2D eigenvalue weighted by molar-refractivity contribution is 5.44. The maximum absolute atomic E-state index is 8.81.